The summed E-state index contributed by atoms with van der Waals surface area (Å²) in [5, 5.41) is 10.00. The Hall–Kier alpha value is -1.74. The second kappa shape index (κ2) is 9.53. The molecule has 1 aliphatic heterocycles. The number of carbonyl (C=O) groups excluding carboxylic acids is 1. The highest BCUT2D eigenvalue weighted by Crippen LogP contribution is 2.37. The summed E-state index contributed by atoms with van der Waals surface area (Å²) in [6, 6.07) is 7.09. The van der Waals surface area contributed by atoms with Gasteiger partial charge in [-0.15, -0.1) is 0 Å². The molecule has 1 aliphatic rings. The summed E-state index contributed by atoms with van der Waals surface area (Å²) in [7, 11) is 0. The molecule has 1 amide bonds. The van der Waals surface area contributed by atoms with E-state index in [1.807, 2.05) is 12.1 Å². The molecule has 3 unspecified atom stereocenters. The summed E-state index contributed by atoms with van der Waals surface area (Å²) in [6.07, 6.45) is 4.80. The number of ether oxygens (including phenoxy) is 2. The van der Waals surface area contributed by atoms with Crippen molar-refractivity contribution < 1.29 is 28.1 Å². The van der Waals surface area contributed by atoms with Crippen molar-refractivity contribution in [3.05, 3.63) is 42.0 Å². The number of carbonyl (C=O) groups is 1. The quantitative estimate of drug-likeness (QED) is 0.438. The van der Waals surface area contributed by atoms with Crippen LogP contribution in [0.2, 0.25) is 0 Å². The van der Waals surface area contributed by atoms with E-state index in [0.717, 1.165) is 18.4 Å². The van der Waals surface area contributed by atoms with Crippen LogP contribution in [-0.4, -0.2) is 33.2 Å². The van der Waals surface area contributed by atoms with Gasteiger partial charge in [-0.3, -0.25) is 13.7 Å². The number of hydrogen-bond donors (Lipinski definition) is 2. The normalized spacial score (nSPS) is 22.4. The summed E-state index contributed by atoms with van der Waals surface area (Å²) in [4.78, 5) is 11.1. The minimum Gasteiger partial charge on any atom is -0.755 e. The van der Waals surface area contributed by atoms with E-state index in [9.17, 15) is 18.7 Å². The van der Waals surface area contributed by atoms with Crippen LogP contribution in [0.4, 0.5) is 0 Å². The summed E-state index contributed by atoms with van der Waals surface area (Å²) >= 11 is -2.59. The zero-order valence-corrected chi connectivity index (χ0v) is 13.9. The minimum atomic E-state index is -2.59. The molecule has 0 aliphatic carbocycles. The van der Waals surface area contributed by atoms with Gasteiger partial charge in [0.15, 0.2) is 0 Å². The maximum atomic E-state index is 11.1. The van der Waals surface area contributed by atoms with E-state index in [1.165, 1.54) is 6.08 Å². The number of phenols is 1. The van der Waals surface area contributed by atoms with Crippen LogP contribution in [0.15, 0.2) is 36.4 Å². The van der Waals surface area contributed by atoms with Gasteiger partial charge < -0.3 is 19.1 Å². The number of allylic oxidation sites excluding steroid dienone is 1. The molecule has 8 heteroatoms. The summed E-state index contributed by atoms with van der Waals surface area (Å²) in [5.74, 6) is -0.361. The van der Waals surface area contributed by atoms with Crippen molar-refractivity contribution in [2.24, 2.45) is 5.92 Å². The van der Waals surface area contributed by atoms with Crippen LogP contribution >= 0.6 is 0 Å². The Labute approximate surface area is 143 Å². The van der Waals surface area contributed by atoms with Gasteiger partial charge in [0.1, 0.15) is 12.5 Å². The van der Waals surface area contributed by atoms with E-state index in [0.29, 0.717) is 13.0 Å². The van der Waals surface area contributed by atoms with Gasteiger partial charge in [-0.1, -0.05) is 24.3 Å². The van der Waals surface area contributed by atoms with Gasteiger partial charge in [-0.2, -0.15) is 0 Å². The van der Waals surface area contributed by atoms with E-state index in [1.54, 1.807) is 22.9 Å². The van der Waals surface area contributed by atoms with E-state index in [-0.39, 0.29) is 24.6 Å². The molecule has 0 spiro atoms. The average Bonchev–Trinajstić information content (AvgIpc) is 2.55. The largest absolute Gasteiger partial charge is 0.755 e. The smallest absolute Gasteiger partial charge is 0.254 e. The highest BCUT2D eigenvalue weighted by atomic mass is 32.2. The highest BCUT2D eigenvalue weighted by Gasteiger charge is 2.29. The molecular weight excluding hydrogens is 334 g/mol. The van der Waals surface area contributed by atoms with E-state index in [4.69, 9.17) is 9.47 Å². The second-order valence-electron chi connectivity index (χ2n) is 5.43. The highest BCUT2D eigenvalue weighted by molar-refractivity contribution is 7.77. The van der Waals surface area contributed by atoms with Crippen LogP contribution in [-0.2, 0) is 25.5 Å². The molecule has 2 rings (SSSR count). The molecule has 1 saturated heterocycles. The molecule has 0 radical (unpaired) electrons. The number of benzene rings is 1. The SMILES string of the molecule is O=C(C=CCCCC1COCOC1c1ccccc1O)NS(=O)[O-]. The number of para-hydroxylation sites is 1. The Bertz CT molecular complexity index is 606. The maximum Gasteiger partial charge on any atom is 0.254 e. The zero-order valence-electron chi connectivity index (χ0n) is 13.1. The van der Waals surface area contributed by atoms with Crippen LogP contribution in [0.25, 0.3) is 0 Å². The van der Waals surface area contributed by atoms with Gasteiger partial charge in [0, 0.05) is 22.7 Å². The fraction of sp³-hybridized carbons (Fsp3) is 0.438. The summed E-state index contributed by atoms with van der Waals surface area (Å²) in [5.41, 5.74) is 0.749. The first kappa shape index (κ1) is 18.6. The summed E-state index contributed by atoms with van der Waals surface area (Å²) in [6.45, 7) is 0.736. The number of nitrogens with one attached hydrogen (secondary N) is 1. The Morgan fingerprint density at radius 2 is 2.25 bits per heavy atom. The fourth-order valence-electron chi connectivity index (χ4n) is 2.66. The fourth-order valence-corrected chi connectivity index (χ4v) is 2.89. The Morgan fingerprint density at radius 1 is 1.46 bits per heavy atom. The number of phenolic OH excluding ortho intramolecular Hbond substituents is 1. The lowest BCUT2D eigenvalue weighted by Crippen LogP contribution is -2.28. The predicted molar refractivity (Wildman–Crippen MR) is 86.3 cm³/mol. The Balaban J connectivity index is 1.84. The second-order valence-corrected chi connectivity index (χ2v) is 6.10. The maximum absolute atomic E-state index is 11.1. The van der Waals surface area contributed by atoms with Crippen LogP contribution in [0.3, 0.4) is 0 Å². The first-order valence-corrected chi connectivity index (χ1v) is 8.69. The molecule has 1 aromatic rings. The van der Waals surface area contributed by atoms with E-state index in [2.05, 4.69) is 0 Å². The number of unbranched alkanes of at least 4 members (excludes halogenated alkanes) is 1. The number of aromatic hydroxyl groups is 1. The number of amides is 1. The van der Waals surface area contributed by atoms with Crippen molar-refractivity contribution in [3.63, 3.8) is 0 Å². The van der Waals surface area contributed by atoms with Crippen molar-refractivity contribution >= 4 is 17.2 Å². The van der Waals surface area contributed by atoms with Gasteiger partial charge in [-0.05, 0) is 31.4 Å². The molecule has 1 heterocycles. The number of hydrogen-bond acceptors (Lipinski definition) is 6. The van der Waals surface area contributed by atoms with Gasteiger partial charge in [0.2, 0.25) is 0 Å². The lowest BCUT2D eigenvalue weighted by Gasteiger charge is -2.32. The standard InChI is InChI=1S/C16H21NO6S/c18-14-8-5-4-7-13(14)16-12(10-22-11-23-16)6-2-1-3-9-15(19)17-24(20)21/h3-5,7-9,12,16,18H,1-2,6,10-11H2,(H,17,19)(H,20,21)/p-1. The van der Waals surface area contributed by atoms with Crippen molar-refractivity contribution in [2.75, 3.05) is 13.4 Å². The monoisotopic (exact) mass is 354 g/mol. The van der Waals surface area contributed by atoms with Gasteiger partial charge in [0.05, 0.1) is 12.7 Å². The van der Waals surface area contributed by atoms with Crippen molar-refractivity contribution in [1.82, 2.24) is 4.72 Å². The first-order chi connectivity index (χ1) is 11.6. The molecule has 0 saturated carbocycles. The first-order valence-electron chi connectivity index (χ1n) is 7.61. The van der Waals surface area contributed by atoms with Crippen molar-refractivity contribution in [3.8, 4) is 5.75 Å². The Kier molecular flexibility index (Phi) is 7.38. The Morgan fingerprint density at radius 3 is 3.00 bits per heavy atom. The molecule has 1 aromatic carbocycles. The van der Waals surface area contributed by atoms with Crippen molar-refractivity contribution in [1.29, 1.82) is 0 Å². The zero-order chi connectivity index (χ0) is 17.4. The molecular formula is C16H20NO6S-. The molecule has 0 aromatic heterocycles. The van der Waals surface area contributed by atoms with Crippen molar-refractivity contribution in [2.45, 2.75) is 25.4 Å². The predicted octanol–water partition coefficient (Wildman–Crippen LogP) is 1.69. The molecule has 2 N–H and O–H groups in total. The lowest BCUT2D eigenvalue weighted by molar-refractivity contribution is -0.174. The number of rotatable bonds is 7. The van der Waals surface area contributed by atoms with Crippen LogP contribution in [0.5, 0.6) is 5.75 Å². The van der Waals surface area contributed by atoms with Crippen LogP contribution in [0, 0.1) is 5.92 Å². The van der Waals surface area contributed by atoms with E-state index < -0.39 is 17.2 Å². The van der Waals surface area contributed by atoms with Crippen LogP contribution < -0.4 is 4.72 Å². The molecule has 0 bridgehead atoms. The third kappa shape index (κ3) is 5.72. The van der Waals surface area contributed by atoms with Crippen LogP contribution in [0.1, 0.15) is 30.9 Å². The molecule has 1 fully saturated rings. The molecule has 132 valence electrons. The average molecular weight is 354 g/mol. The van der Waals surface area contributed by atoms with Gasteiger partial charge in [-0.25, -0.2) is 0 Å². The molecule has 7 nitrogen and oxygen atoms in total. The molecule has 24 heavy (non-hydrogen) atoms. The lowest BCUT2D eigenvalue weighted by atomic mass is 9.90. The minimum absolute atomic E-state index is 0.100. The third-order valence-electron chi connectivity index (χ3n) is 3.73. The van der Waals surface area contributed by atoms with Gasteiger partial charge >= 0.3 is 0 Å². The van der Waals surface area contributed by atoms with E-state index >= 15 is 0 Å². The third-order valence-corrected chi connectivity index (χ3v) is 4.10. The molecule has 3 atom stereocenters. The van der Waals surface area contributed by atoms with Gasteiger partial charge in [0.25, 0.3) is 5.91 Å². The topological polar surface area (TPSA) is 108 Å². The summed E-state index contributed by atoms with van der Waals surface area (Å²) < 4.78 is 33.3.